The first-order valence-corrected chi connectivity index (χ1v) is 2.96. The molecular weight excluding hydrogens is 110 g/mol. The van der Waals surface area contributed by atoms with Crippen molar-refractivity contribution < 1.29 is 0 Å². The molecule has 0 aromatic heterocycles. The Balaban J connectivity index is 2.48. The predicted molar refractivity (Wildman–Crippen MR) is 31.2 cm³/mol. The van der Waals surface area contributed by atoms with E-state index in [1.165, 1.54) is 0 Å². The van der Waals surface area contributed by atoms with Gasteiger partial charge in [0.25, 0.3) is 0 Å². The van der Waals surface area contributed by atoms with Crippen LogP contribution in [-0.4, -0.2) is 11.1 Å². The van der Waals surface area contributed by atoms with Crippen LogP contribution < -0.4 is 0 Å². The lowest BCUT2D eigenvalue weighted by molar-refractivity contribution is 0.889. The van der Waals surface area contributed by atoms with Crippen LogP contribution in [0.15, 0.2) is 0 Å². The number of hydrogen-bond donors (Lipinski definition) is 1. The lowest BCUT2D eigenvalue weighted by atomic mass is 10.3. The fourth-order valence-corrected chi connectivity index (χ4v) is 1.07. The summed E-state index contributed by atoms with van der Waals surface area (Å²) >= 11 is 5.64. The second kappa shape index (κ2) is 1.83. The van der Waals surface area contributed by atoms with E-state index in [9.17, 15) is 0 Å². The molecule has 1 fully saturated rings. The molecule has 7 heavy (non-hydrogen) atoms. The Labute approximate surface area is 48.2 Å². The maximum atomic E-state index is 7.12. The Morgan fingerprint density at radius 2 is 2.43 bits per heavy atom. The van der Waals surface area contributed by atoms with Crippen LogP contribution >= 0.6 is 11.6 Å². The van der Waals surface area contributed by atoms with Crippen molar-refractivity contribution >= 4 is 17.3 Å². The predicted octanol–water partition coefficient (Wildman–Crippen LogP) is 1.80. The zero-order valence-electron chi connectivity index (χ0n) is 4.08. The van der Waals surface area contributed by atoms with Crippen LogP contribution in [0.5, 0.6) is 0 Å². The minimum Gasteiger partial charge on any atom is -0.308 e. The van der Waals surface area contributed by atoms with Gasteiger partial charge in [0.1, 0.15) is 0 Å². The Morgan fingerprint density at radius 1 is 1.71 bits per heavy atom. The smallest absolute Gasteiger partial charge is 0.0711 e. The van der Waals surface area contributed by atoms with E-state index in [0.717, 1.165) is 25.0 Å². The van der Waals surface area contributed by atoms with E-state index in [4.69, 9.17) is 17.0 Å². The normalized spacial score (nSPS) is 31.6. The summed E-state index contributed by atoms with van der Waals surface area (Å²) in [5.41, 5.74) is 0.724. The molecule has 0 heterocycles. The van der Waals surface area contributed by atoms with Crippen LogP contribution in [0.3, 0.4) is 0 Å². The molecule has 0 aromatic carbocycles. The van der Waals surface area contributed by atoms with Gasteiger partial charge < -0.3 is 5.41 Å². The molecule has 1 saturated carbocycles. The third kappa shape index (κ3) is 0.942. The first-order chi connectivity index (χ1) is 3.30. The zero-order chi connectivity index (χ0) is 5.28. The van der Waals surface area contributed by atoms with Gasteiger partial charge in [-0.25, -0.2) is 0 Å². The highest BCUT2D eigenvalue weighted by atomic mass is 35.5. The van der Waals surface area contributed by atoms with Gasteiger partial charge in [-0.05, 0) is 19.3 Å². The number of rotatable bonds is 0. The van der Waals surface area contributed by atoms with E-state index in [1.54, 1.807) is 0 Å². The first-order valence-electron chi connectivity index (χ1n) is 2.52. The van der Waals surface area contributed by atoms with Crippen LogP contribution in [0.25, 0.3) is 0 Å². The van der Waals surface area contributed by atoms with Crippen molar-refractivity contribution in [2.45, 2.75) is 24.6 Å². The van der Waals surface area contributed by atoms with Gasteiger partial charge in [-0.3, -0.25) is 0 Å². The second-order valence-corrected chi connectivity index (χ2v) is 2.41. The number of alkyl halides is 1. The molecule has 0 saturated heterocycles. The summed E-state index contributed by atoms with van der Waals surface area (Å²) in [6, 6.07) is 0. The highest BCUT2D eigenvalue weighted by Crippen LogP contribution is 2.19. The highest BCUT2D eigenvalue weighted by molar-refractivity contribution is 6.32. The molecule has 1 aliphatic rings. The fraction of sp³-hybridized carbons (Fsp3) is 0.800. The van der Waals surface area contributed by atoms with Crippen molar-refractivity contribution in [3.05, 3.63) is 0 Å². The lowest BCUT2D eigenvalue weighted by Gasteiger charge is -1.92. The van der Waals surface area contributed by atoms with Crippen molar-refractivity contribution in [2.24, 2.45) is 0 Å². The number of hydrogen-bond acceptors (Lipinski definition) is 1. The van der Waals surface area contributed by atoms with Gasteiger partial charge in [0.05, 0.1) is 5.38 Å². The summed E-state index contributed by atoms with van der Waals surface area (Å²) in [7, 11) is 0. The van der Waals surface area contributed by atoms with Gasteiger partial charge >= 0.3 is 0 Å². The SMILES string of the molecule is N=C1CCCC1Cl. The number of halogens is 1. The van der Waals surface area contributed by atoms with Crippen LogP contribution in [0, 0.1) is 5.41 Å². The minimum atomic E-state index is 0.0694. The second-order valence-electron chi connectivity index (χ2n) is 1.89. The fourth-order valence-electron chi connectivity index (χ4n) is 0.803. The molecule has 2 heteroatoms. The monoisotopic (exact) mass is 117 g/mol. The van der Waals surface area contributed by atoms with Crippen molar-refractivity contribution in [3.8, 4) is 0 Å². The van der Waals surface area contributed by atoms with Crippen LogP contribution in [0.1, 0.15) is 19.3 Å². The molecule has 1 nitrogen and oxygen atoms in total. The van der Waals surface area contributed by atoms with E-state index in [0.29, 0.717) is 0 Å². The molecule has 1 aliphatic carbocycles. The summed E-state index contributed by atoms with van der Waals surface area (Å²) in [6.07, 6.45) is 3.06. The van der Waals surface area contributed by atoms with E-state index in [2.05, 4.69) is 0 Å². The molecule has 0 amide bonds. The summed E-state index contributed by atoms with van der Waals surface area (Å²) < 4.78 is 0. The standard InChI is InChI=1S/C5H8ClN/c6-4-2-1-3-5(4)7/h4,7H,1-3H2. The largest absolute Gasteiger partial charge is 0.308 e. The van der Waals surface area contributed by atoms with Crippen LogP contribution in [0.4, 0.5) is 0 Å². The molecule has 0 radical (unpaired) electrons. The molecule has 1 rings (SSSR count). The van der Waals surface area contributed by atoms with Gasteiger partial charge in [-0.15, -0.1) is 11.6 Å². The van der Waals surface area contributed by atoms with Gasteiger partial charge in [-0.1, -0.05) is 0 Å². The zero-order valence-corrected chi connectivity index (χ0v) is 4.83. The van der Waals surface area contributed by atoms with Crippen molar-refractivity contribution in [1.29, 1.82) is 5.41 Å². The molecule has 0 spiro atoms. The van der Waals surface area contributed by atoms with Gasteiger partial charge in [0, 0.05) is 5.71 Å². The quantitative estimate of drug-likeness (QED) is 0.468. The third-order valence-corrected chi connectivity index (χ3v) is 1.76. The van der Waals surface area contributed by atoms with Crippen molar-refractivity contribution in [2.75, 3.05) is 0 Å². The van der Waals surface area contributed by atoms with Crippen molar-refractivity contribution in [1.82, 2.24) is 0 Å². The maximum Gasteiger partial charge on any atom is 0.0711 e. The average Bonchev–Trinajstić information content (AvgIpc) is 1.91. The van der Waals surface area contributed by atoms with Gasteiger partial charge in [-0.2, -0.15) is 0 Å². The average molecular weight is 118 g/mol. The van der Waals surface area contributed by atoms with Crippen molar-refractivity contribution in [3.63, 3.8) is 0 Å². The van der Waals surface area contributed by atoms with Gasteiger partial charge in [0.15, 0.2) is 0 Å². The Kier molecular flexibility index (Phi) is 1.33. The Morgan fingerprint density at radius 3 is 2.57 bits per heavy atom. The van der Waals surface area contributed by atoms with E-state index in [-0.39, 0.29) is 5.38 Å². The Hall–Kier alpha value is -0.0400. The summed E-state index contributed by atoms with van der Waals surface area (Å²) in [5.74, 6) is 0. The molecule has 0 bridgehead atoms. The van der Waals surface area contributed by atoms with Crippen LogP contribution in [0.2, 0.25) is 0 Å². The molecule has 1 unspecified atom stereocenters. The van der Waals surface area contributed by atoms with E-state index >= 15 is 0 Å². The third-order valence-electron chi connectivity index (χ3n) is 1.28. The van der Waals surface area contributed by atoms with E-state index in [1.807, 2.05) is 0 Å². The lowest BCUT2D eigenvalue weighted by Crippen LogP contribution is -2.01. The first kappa shape index (κ1) is 5.10. The minimum absolute atomic E-state index is 0.0694. The molecule has 40 valence electrons. The van der Waals surface area contributed by atoms with Crippen LogP contribution in [-0.2, 0) is 0 Å². The molecule has 0 aliphatic heterocycles. The highest BCUT2D eigenvalue weighted by Gasteiger charge is 2.16. The molecule has 1 atom stereocenters. The molecule has 1 N–H and O–H groups in total. The maximum absolute atomic E-state index is 7.12. The van der Waals surface area contributed by atoms with Gasteiger partial charge in [0.2, 0.25) is 0 Å². The molecular formula is C5H8ClN. The van der Waals surface area contributed by atoms with E-state index < -0.39 is 0 Å². The summed E-state index contributed by atoms with van der Waals surface area (Å²) in [4.78, 5) is 0. The topological polar surface area (TPSA) is 23.9 Å². The Bertz CT molecular complexity index is 90.1. The summed E-state index contributed by atoms with van der Waals surface area (Å²) in [5, 5.41) is 7.19. The number of nitrogens with one attached hydrogen (secondary N) is 1. The molecule has 0 aromatic rings. The summed E-state index contributed by atoms with van der Waals surface area (Å²) in [6.45, 7) is 0.